The predicted molar refractivity (Wildman–Crippen MR) is 377 cm³/mol. The fourth-order valence-corrected chi connectivity index (χ4v) is 12.8. The average molecular weight is 1370 g/mol. The molecule has 0 aliphatic heterocycles. The van der Waals surface area contributed by atoms with E-state index < -0.39 is 97.5 Å². The van der Waals surface area contributed by atoms with Crippen molar-refractivity contribution in [2.24, 2.45) is 17.8 Å². The summed E-state index contributed by atoms with van der Waals surface area (Å²) in [4.78, 5) is 72.7. The number of carbonyl (C=O) groups excluding carboxylic acids is 4. The van der Waals surface area contributed by atoms with Crippen molar-refractivity contribution in [1.29, 1.82) is 0 Å². The molecule has 0 saturated heterocycles. The number of carbonyl (C=O) groups is 4. The van der Waals surface area contributed by atoms with Crippen molar-refractivity contribution in [3.63, 3.8) is 0 Å². The Morgan fingerprint density at radius 3 is 0.817 bits per heavy atom. The van der Waals surface area contributed by atoms with E-state index in [2.05, 4.69) is 48.5 Å². The van der Waals surface area contributed by atoms with Gasteiger partial charge >= 0.3 is 39.5 Å². The van der Waals surface area contributed by atoms with Crippen LogP contribution >= 0.6 is 15.6 Å². The molecule has 0 radical (unpaired) electrons. The van der Waals surface area contributed by atoms with Crippen LogP contribution in [0.1, 0.15) is 376 Å². The van der Waals surface area contributed by atoms with Crippen molar-refractivity contribution in [3.8, 4) is 0 Å². The highest BCUT2D eigenvalue weighted by Crippen LogP contribution is 2.45. The SMILES string of the molecule is CCCCCCCCCCCCCCCCCCCCCCC(=O)O[C@H](COC(=O)CCCCCCCCCCCCC(C)C)COP(=O)(O)OC[C@@H](O)COP(=O)(O)OC[C@@H](COC(=O)CCCCCCCCC(C)CC)OC(=O)CCCCCCCCC(C)CC. The molecule has 7 atom stereocenters. The zero-order valence-electron chi connectivity index (χ0n) is 60.7. The smallest absolute Gasteiger partial charge is 0.462 e. The molecule has 0 saturated carbocycles. The van der Waals surface area contributed by atoms with Crippen LogP contribution < -0.4 is 0 Å². The lowest BCUT2D eigenvalue weighted by atomic mass is 10.00. The number of phosphoric ester groups is 2. The van der Waals surface area contributed by atoms with E-state index in [1.807, 2.05) is 0 Å². The topological polar surface area (TPSA) is 237 Å². The van der Waals surface area contributed by atoms with Crippen LogP contribution in [0.4, 0.5) is 0 Å². The molecule has 0 aromatic rings. The molecule has 0 heterocycles. The van der Waals surface area contributed by atoms with Crippen molar-refractivity contribution in [2.45, 2.75) is 394 Å². The zero-order chi connectivity index (χ0) is 68.7. The summed E-state index contributed by atoms with van der Waals surface area (Å²) in [5.41, 5.74) is 0. The van der Waals surface area contributed by atoms with Gasteiger partial charge in [0.2, 0.25) is 0 Å². The van der Waals surface area contributed by atoms with Gasteiger partial charge < -0.3 is 33.8 Å². The summed E-state index contributed by atoms with van der Waals surface area (Å²) in [6, 6.07) is 0. The molecule has 0 aromatic heterocycles. The molecule has 4 unspecified atom stereocenters. The van der Waals surface area contributed by atoms with E-state index in [1.54, 1.807) is 0 Å². The summed E-state index contributed by atoms with van der Waals surface area (Å²) >= 11 is 0. The normalized spacial score (nSPS) is 14.7. The molecule has 0 aliphatic carbocycles. The van der Waals surface area contributed by atoms with E-state index in [-0.39, 0.29) is 25.7 Å². The van der Waals surface area contributed by atoms with Crippen LogP contribution in [0.25, 0.3) is 0 Å². The number of hydrogen-bond donors (Lipinski definition) is 3. The molecule has 0 aliphatic rings. The Morgan fingerprint density at radius 2 is 0.548 bits per heavy atom. The number of hydrogen-bond acceptors (Lipinski definition) is 15. The van der Waals surface area contributed by atoms with Gasteiger partial charge in [0.25, 0.3) is 0 Å². The zero-order valence-corrected chi connectivity index (χ0v) is 62.5. The van der Waals surface area contributed by atoms with Gasteiger partial charge in [-0.15, -0.1) is 0 Å². The highest BCUT2D eigenvalue weighted by Gasteiger charge is 2.30. The van der Waals surface area contributed by atoms with Crippen LogP contribution in [0.2, 0.25) is 0 Å². The minimum Gasteiger partial charge on any atom is -0.462 e. The first-order chi connectivity index (χ1) is 44.8. The van der Waals surface area contributed by atoms with Crippen molar-refractivity contribution in [1.82, 2.24) is 0 Å². The van der Waals surface area contributed by atoms with Crippen molar-refractivity contribution in [3.05, 3.63) is 0 Å². The number of esters is 4. The minimum absolute atomic E-state index is 0.102. The molecule has 0 amide bonds. The van der Waals surface area contributed by atoms with E-state index >= 15 is 0 Å². The van der Waals surface area contributed by atoms with Crippen LogP contribution in [0.3, 0.4) is 0 Å². The maximum Gasteiger partial charge on any atom is 0.472 e. The molecule has 0 rings (SSSR count). The molecule has 93 heavy (non-hydrogen) atoms. The van der Waals surface area contributed by atoms with E-state index in [9.17, 15) is 43.2 Å². The summed E-state index contributed by atoms with van der Waals surface area (Å²) in [7, 11) is -9.91. The summed E-state index contributed by atoms with van der Waals surface area (Å²) in [5.74, 6) is 0.0833. The molecule has 17 nitrogen and oxygen atoms in total. The monoisotopic (exact) mass is 1370 g/mol. The van der Waals surface area contributed by atoms with Crippen LogP contribution in [0.15, 0.2) is 0 Å². The number of aliphatic hydroxyl groups excluding tert-OH is 1. The lowest BCUT2D eigenvalue weighted by molar-refractivity contribution is -0.161. The first-order valence-corrected chi connectivity index (χ1v) is 41.4. The Morgan fingerprint density at radius 1 is 0.312 bits per heavy atom. The Balaban J connectivity index is 5.21. The Kier molecular flexibility index (Phi) is 63.4. The molecule has 0 fully saturated rings. The molecular formula is C74H144O17P2. The number of aliphatic hydroxyl groups is 1. The first kappa shape index (κ1) is 91.1. The maximum atomic E-state index is 13.1. The van der Waals surface area contributed by atoms with Crippen LogP contribution in [0, 0.1) is 17.8 Å². The minimum atomic E-state index is -4.96. The lowest BCUT2D eigenvalue weighted by Gasteiger charge is -2.21. The van der Waals surface area contributed by atoms with Gasteiger partial charge in [-0.25, -0.2) is 9.13 Å². The predicted octanol–water partition coefficient (Wildman–Crippen LogP) is 21.4. The fourth-order valence-electron chi connectivity index (χ4n) is 11.2. The number of ether oxygens (including phenoxy) is 4. The lowest BCUT2D eigenvalue weighted by Crippen LogP contribution is -2.30. The van der Waals surface area contributed by atoms with Crippen molar-refractivity contribution in [2.75, 3.05) is 39.6 Å². The fraction of sp³-hybridized carbons (Fsp3) is 0.946. The highest BCUT2D eigenvalue weighted by molar-refractivity contribution is 7.47. The average Bonchev–Trinajstić information content (AvgIpc) is 1.63. The van der Waals surface area contributed by atoms with Gasteiger partial charge in [-0.3, -0.25) is 37.3 Å². The van der Waals surface area contributed by atoms with Gasteiger partial charge in [0.05, 0.1) is 26.4 Å². The first-order valence-electron chi connectivity index (χ1n) is 38.4. The van der Waals surface area contributed by atoms with Crippen LogP contribution in [-0.2, 0) is 65.4 Å². The van der Waals surface area contributed by atoms with Gasteiger partial charge in [-0.05, 0) is 43.4 Å². The summed E-state index contributed by atoms with van der Waals surface area (Å²) < 4.78 is 68.4. The van der Waals surface area contributed by atoms with Crippen molar-refractivity contribution < 1.29 is 80.2 Å². The van der Waals surface area contributed by atoms with Crippen LogP contribution in [-0.4, -0.2) is 96.7 Å². The second kappa shape index (κ2) is 64.7. The van der Waals surface area contributed by atoms with Gasteiger partial charge in [0, 0.05) is 25.7 Å². The third kappa shape index (κ3) is 65.8. The van der Waals surface area contributed by atoms with Gasteiger partial charge in [0.15, 0.2) is 12.2 Å². The highest BCUT2D eigenvalue weighted by atomic mass is 31.2. The van der Waals surface area contributed by atoms with Gasteiger partial charge in [-0.2, -0.15) is 0 Å². The second-order valence-electron chi connectivity index (χ2n) is 27.6. The van der Waals surface area contributed by atoms with Gasteiger partial charge in [-0.1, -0.05) is 325 Å². The molecule has 19 heteroatoms. The molecule has 0 aromatic carbocycles. The number of rotatable bonds is 72. The summed E-state index contributed by atoms with van der Waals surface area (Å²) in [6.07, 6.45) is 50.2. The maximum absolute atomic E-state index is 13.1. The van der Waals surface area contributed by atoms with E-state index in [0.29, 0.717) is 25.7 Å². The third-order valence-electron chi connectivity index (χ3n) is 17.9. The molecule has 0 spiro atoms. The van der Waals surface area contributed by atoms with E-state index in [0.717, 1.165) is 114 Å². The third-order valence-corrected chi connectivity index (χ3v) is 19.8. The Labute approximate surface area is 568 Å². The summed E-state index contributed by atoms with van der Waals surface area (Å²) in [5, 5.41) is 10.6. The van der Waals surface area contributed by atoms with Crippen LogP contribution in [0.5, 0.6) is 0 Å². The molecule has 552 valence electrons. The number of phosphoric acid groups is 2. The largest absolute Gasteiger partial charge is 0.472 e. The molecular weight excluding hydrogens is 1220 g/mol. The molecule has 3 N–H and O–H groups in total. The Bertz CT molecular complexity index is 1820. The second-order valence-corrected chi connectivity index (χ2v) is 30.6. The van der Waals surface area contributed by atoms with Crippen molar-refractivity contribution >= 4 is 39.5 Å². The number of unbranched alkanes of at least 4 members (excludes halogenated alkanes) is 38. The Hall–Kier alpha value is -1.94. The van der Waals surface area contributed by atoms with E-state index in [1.165, 1.54) is 180 Å². The quantitative estimate of drug-likeness (QED) is 0.0222. The van der Waals surface area contributed by atoms with Gasteiger partial charge in [0.1, 0.15) is 19.3 Å². The molecule has 0 bridgehead atoms. The van der Waals surface area contributed by atoms with E-state index in [4.69, 9.17) is 37.0 Å². The standard InChI is InChI=1S/C74H144O17P2/c1-8-11-12-13-14-15-16-17-18-19-20-21-22-23-24-25-30-33-43-50-57-73(78)90-69(61-84-71(76)55-48-41-32-29-27-26-28-31-38-45-52-65(4)5)63-88-92(80,81)86-59-68(75)60-87-93(82,83)89-64-70(91-74(79)58-51-44-37-35-40-47-54-67(7)10-3)62-85-72(77)56-49-42-36-34-39-46-53-66(6)9-2/h65-70,75H,8-64H2,1-7H3,(H,80,81)(H,82,83)/t66?,67?,68-,69-,70-/m1/s1. The summed E-state index contributed by atoms with van der Waals surface area (Å²) in [6.45, 7) is 11.8.